The van der Waals surface area contributed by atoms with E-state index < -0.39 is 0 Å². The van der Waals surface area contributed by atoms with Gasteiger partial charge < -0.3 is 14.2 Å². The van der Waals surface area contributed by atoms with Gasteiger partial charge in [-0.3, -0.25) is 4.68 Å². The zero-order valence-electron chi connectivity index (χ0n) is 10.4. The molecule has 0 aliphatic heterocycles. The monoisotopic (exact) mass is 354 g/mol. The van der Waals surface area contributed by atoms with Crippen molar-refractivity contribution in [3.8, 4) is 0 Å². The van der Waals surface area contributed by atoms with E-state index in [1.165, 1.54) is 0 Å². The van der Waals surface area contributed by atoms with Gasteiger partial charge in [0, 0.05) is 26.5 Å². The molecule has 0 amide bonds. The highest BCUT2D eigenvalue weighted by atomic mass is 127. The number of methoxy groups -OCH3 is 1. The van der Waals surface area contributed by atoms with Gasteiger partial charge in [0.15, 0.2) is 6.29 Å². The Morgan fingerprint density at radius 2 is 2.00 bits per heavy atom. The molecule has 1 aromatic rings. The smallest absolute Gasteiger partial charge is 0.185 e. The van der Waals surface area contributed by atoms with E-state index in [1.807, 2.05) is 30.9 Å². The average Bonchev–Trinajstić information content (AvgIpc) is 2.72. The molecule has 0 aliphatic rings. The average molecular weight is 354 g/mol. The van der Waals surface area contributed by atoms with E-state index in [-0.39, 0.29) is 12.4 Å². The van der Waals surface area contributed by atoms with Gasteiger partial charge in [0.05, 0.1) is 16.3 Å². The van der Waals surface area contributed by atoms with Crippen LogP contribution in [0, 0.1) is 3.57 Å². The van der Waals surface area contributed by atoms with Crippen LogP contribution in [0.25, 0.3) is 0 Å². The molecule has 0 saturated heterocycles. The normalized spacial score (nSPS) is 13.2. The molecular formula is C11H19IN2O3. The topological polar surface area (TPSA) is 45.5 Å². The fourth-order valence-corrected chi connectivity index (χ4v) is 1.93. The van der Waals surface area contributed by atoms with Crippen LogP contribution in [0.4, 0.5) is 0 Å². The molecule has 0 bridgehead atoms. The van der Waals surface area contributed by atoms with Crippen LogP contribution in [0.3, 0.4) is 0 Å². The fraction of sp³-hybridized carbons (Fsp3) is 0.727. The number of hydrogen-bond acceptors (Lipinski definition) is 4. The molecule has 1 aromatic heterocycles. The van der Waals surface area contributed by atoms with Gasteiger partial charge in [0.2, 0.25) is 0 Å². The van der Waals surface area contributed by atoms with Crippen LogP contribution in [0.15, 0.2) is 12.4 Å². The molecular weight excluding hydrogens is 335 g/mol. The summed E-state index contributed by atoms with van der Waals surface area (Å²) in [6, 6.07) is 0. The molecule has 0 aromatic carbocycles. The number of halogens is 1. The Balaban J connectivity index is 2.61. The molecule has 0 spiro atoms. The molecule has 6 heteroatoms. The SMILES string of the molecule is CCOC(OCC)C(Cn1cc(I)cn1)OC. The molecule has 1 unspecified atom stereocenters. The lowest BCUT2D eigenvalue weighted by Crippen LogP contribution is -2.37. The molecule has 0 fully saturated rings. The predicted octanol–water partition coefficient (Wildman–Crippen LogP) is 1.90. The van der Waals surface area contributed by atoms with E-state index >= 15 is 0 Å². The van der Waals surface area contributed by atoms with Crippen molar-refractivity contribution in [3.05, 3.63) is 16.0 Å². The second-order valence-corrected chi connectivity index (χ2v) is 4.68. The summed E-state index contributed by atoms with van der Waals surface area (Å²) in [5.74, 6) is 0. The molecule has 0 saturated carbocycles. The first kappa shape index (κ1) is 14.9. The number of rotatable bonds is 8. The summed E-state index contributed by atoms with van der Waals surface area (Å²) < 4.78 is 19.4. The quantitative estimate of drug-likeness (QED) is 0.529. The first-order valence-electron chi connectivity index (χ1n) is 5.65. The molecule has 17 heavy (non-hydrogen) atoms. The maximum atomic E-state index is 5.52. The maximum absolute atomic E-state index is 5.52. The summed E-state index contributed by atoms with van der Waals surface area (Å²) in [5, 5.41) is 4.22. The van der Waals surface area contributed by atoms with Crippen molar-refractivity contribution >= 4 is 22.6 Å². The minimum atomic E-state index is -0.350. The van der Waals surface area contributed by atoms with E-state index in [2.05, 4.69) is 27.7 Å². The van der Waals surface area contributed by atoms with Gasteiger partial charge >= 0.3 is 0 Å². The highest BCUT2D eigenvalue weighted by molar-refractivity contribution is 14.1. The lowest BCUT2D eigenvalue weighted by atomic mass is 10.3. The van der Waals surface area contributed by atoms with E-state index in [1.54, 1.807) is 7.11 Å². The molecule has 0 aliphatic carbocycles. The van der Waals surface area contributed by atoms with Gasteiger partial charge in [-0.05, 0) is 36.4 Å². The molecule has 0 N–H and O–H groups in total. The molecule has 1 rings (SSSR count). The third-order valence-electron chi connectivity index (χ3n) is 2.24. The number of ether oxygens (including phenoxy) is 3. The maximum Gasteiger partial charge on any atom is 0.185 e. The van der Waals surface area contributed by atoms with Crippen LogP contribution >= 0.6 is 22.6 Å². The Morgan fingerprint density at radius 3 is 2.41 bits per heavy atom. The van der Waals surface area contributed by atoms with Gasteiger partial charge in [-0.1, -0.05) is 0 Å². The van der Waals surface area contributed by atoms with Crippen molar-refractivity contribution in [2.45, 2.75) is 32.8 Å². The third-order valence-corrected chi connectivity index (χ3v) is 2.79. The molecule has 1 atom stereocenters. The van der Waals surface area contributed by atoms with Gasteiger partial charge in [0.1, 0.15) is 6.10 Å². The predicted molar refractivity (Wildman–Crippen MR) is 72.8 cm³/mol. The van der Waals surface area contributed by atoms with E-state index in [9.17, 15) is 0 Å². The van der Waals surface area contributed by atoms with Crippen molar-refractivity contribution in [2.24, 2.45) is 0 Å². The lowest BCUT2D eigenvalue weighted by Gasteiger charge is -2.25. The second kappa shape index (κ2) is 8.02. The van der Waals surface area contributed by atoms with Crippen LogP contribution in [-0.2, 0) is 20.8 Å². The highest BCUT2D eigenvalue weighted by Crippen LogP contribution is 2.10. The summed E-state index contributed by atoms with van der Waals surface area (Å²) >= 11 is 2.22. The highest BCUT2D eigenvalue weighted by Gasteiger charge is 2.22. The largest absolute Gasteiger partial charge is 0.374 e. The number of hydrogen-bond donors (Lipinski definition) is 0. The van der Waals surface area contributed by atoms with Gasteiger partial charge in [-0.15, -0.1) is 0 Å². The van der Waals surface area contributed by atoms with Crippen molar-refractivity contribution < 1.29 is 14.2 Å². The number of nitrogens with zero attached hydrogens (tertiary/aromatic N) is 2. The Kier molecular flexibility index (Phi) is 7.02. The molecule has 5 nitrogen and oxygen atoms in total. The Hall–Kier alpha value is -0.180. The van der Waals surface area contributed by atoms with Crippen LogP contribution in [0.1, 0.15) is 13.8 Å². The minimum absolute atomic E-state index is 0.161. The Bertz CT molecular complexity index is 313. The summed E-state index contributed by atoms with van der Waals surface area (Å²) in [7, 11) is 1.66. The van der Waals surface area contributed by atoms with Crippen LogP contribution in [0.2, 0.25) is 0 Å². The van der Waals surface area contributed by atoms with Crippen molar-refractivity contribution in [2.75, 3.05) is 20.3 Å². The Labute approximate surface area is 116 Å². The first-order chi connectivity index (χ1) is 8.21. The van der Waals surface area contributed by atoms with Gasteiger partial charge in [0.25, 0.3) is 0 Å². The molecule has 98 valence electrons. The van der Waals surface area contributed by atoms with E-state index in [0.717, 1.165) is 3.57 Å². The lowest BCUT2D eigenvalue weighted by molar-refractivity contribution is -0.200. The van der Waals surface area contributed by atoms with Crippen LogP contribution in [0.5, 0.6) is 0 Å². The summed E-state index contributed by atoms with van der Waals surface area (Å²) in [4.78, 5) is 0. The summed E-state index contributed by atoms with van der Waals surface area (Å²) in [5.41, 5.74) is 0. The van der Waals surface area contributed by atoms with Gasteiger partial charge in [-0.25, -0.2) is 0 Å². The van der Waals surface area contributed by atoms with E-state index in [0.29, 0.717) is 19.8 Å². The van der Waals surface area contributed by atoms with Crippen molar-refractivity contribution in [1.29, 1.82) is 0 Å². The summed E-state index contributed by atoms with van der Waals surface area (Å²) in [6.45, 7) is 5.69. The zero-order chi connectivity index (χ0) is 12.7. The van der Waals surface area contributed by atoms with E-state index in [4.69, 9.17) is 14.2 Å². The van der Waals surface area contributed by atoms with Crippen LogP contribution in [-0.4, -0.2) is 42.5 Å². The minimum Gasteiger partial charge on any atom is -0.374 e. The van der Waals surface area contributed by atoms with Gasteiger partial charge in [-0.2, -0.15) is 5.10 Å². The number of aromatic nitrogens is 2. The summed E-state index contributed by atoms with van der Waals surface area (Å²) in [6.07, 6.45) is 3.26. The molecule has 0 radical (unpaired) electrons. The van der Waals surface area contributed by atoms with Crippen molar-refractivity contribution in [1.82, 2.24) is 9.78 Å². The second-order valence-electron chi connectivity index (χ2n) is 3.43. The first-order valence-corrected chi connectivity index (χ1v) is 6.73. The zero-order valence-corrected chi connectivity index (χ0v) is 12.6. The Morgan fingerprint density at radius 1 is 1.35 bits per heavy atom. The molecule has 1 heterocycles. The van der Waals surface area contributed by atoms with Crippen molar-refractivity contribution in [3.63, 3.8) is 0 Å². The standard InChI is InChI=1S/C11H19IN2O3/c1-4-16-11(17-5-2)10(15-3)8-14-7-9(12)6-13-14/h6-7,10-11H,4-5,8H2,1-3H3. The third kappa shape index (κ3) is 4.90. The fourth-order valence-electron chi connectivity index (χ4n) is 1.49. The van der Waals surface area contributed by atoms with Crippen LogP contribution < -0.4 is 0 Å².